The fourth-order valence-electron chi connectivity index (χ4n) is 1.42. The van der Waals surface area contributed by atoms with Crippen LogP contribution < -0.4 is 10.6 Å². The highest BCUT2D eigenvalue weighted by atomic mass is 16.5. The number of carbonyl (C=O) groups excluding carboxylic acids is 2. The Morgan fingerprint density at radius 3 is 2.22 bits per heavy atom. The fourth-order valence-corrected chi connectivity index (χ4v) is 1.42. The van der Waals surface area contributed by atoms with Crippen LogP contribution in [-0.2, 0) is 14.3 Å². The van der Waals surface area contributed by atoms with Crippen molar-refractivity contribution >= 4 is 11.9 Å². The normalized spacial score (nSPS) is 14.1. The summed E-state index contributed by atoms with van der Waals surface area (Å²) in [5.74, 6) is 0.137. The Morgan fingerprint density at radius 1 is 1.11 bits per heavy atom. The Hall–Kier alpha value is -1.10. The van der Waals surface area contributed by atoms with Crippen LogP contribution in [0.5, 0.6) is 0 Å². The Morgan fingerprint density at radius 2 is 1.72 bits per heavy atom. The molecule has 1 amide bonds. The van der Waals surface area contributed by atoms with E-state index in [2.05, 4.69) is 24.5 Å². The third kappa shape index (κ3) is 7.27. The maximum Gasteiger partial charge on any atom is 0.322 e. The Balaban J connectivity index is 3.96. The zero-order chi connectivity index (χ0) is 14.1. The van der Waals surface area contributed by atoms with Crippen molar-refractivity contribution < 1.29 is 14.3 Å². The molecule has 0 aromatic rings. The predicted octanol–water partition coefficient (Wildman–Crippen LogP) is 1.08. The highest BCUT2D eigenvalue weighted by molar-refractivity contribution is 5.82. The first-order valence-electron chi connectivity index (χ1n) is 6.58. The number of amides is 1. The highest BCUT2D eigenvalue weighted by Crippen LogP contribution is 1.97. The van der Waals surface area contributed by atoms with E-state index < -0.39 is 12.1 Å². The van der Waals surface area contributed by atoms with Gasteiger partial charge in [-0.05, 0) is 33.1 Å². The molecule has 2 N–H and O–H groups in total. The summed E-state index contributed by atoms with van der Waals surface area (Å²) < 4.78 is 4.86. The van der Waals surface area contributed by atoms with Gasteiger partial charge in [0.25, 0.3) is 0 Å². The molecule has 0 aliphatic carbocycles. The third-order valence-corrected chi connectivity index (χ3v) is 2.55. The minimum absolute atomic E-state index is 0.0909. The number of rotatable bonds is 8. The molecule has 0 aliphatic rings. The number of hydrogen-bond acceptors (Lipinski definition) is 4. The van der Waals surface area contributed by atoms with Crippen LogP contribution in [0.1, 0.15) is 41.0 Å². The summed E-state index contributed by atoms with van der Waals surface area (Å²) in [7, 11) is 0. The molecule has 18 heavy (non-hydrogen) atoms. The van der Waals surface area contributed by atoms with E-state index in [1.165, 1.54) is 0 Å². The second-order valence-corrected chi connectivity index (χ2v) is 4.84. The lowest BCUT2D eigenvalue weighted by Gasteiger charge is -2.18. The zero-order valence-electron chi connectivity index (χ0n) is 12.1. The quantitative estimate of drug-likeness (QED) is 0.639. The largest absolute Gasteiger partial charge is 0.465 e. The van der Waals surface area contributed by atoms with Crippen LogP contribution in [0.3, 0.4) is 0 Å². The molecule has 0 fully saturated rings. The first kappa shape index (κ1) is 16.9. The number of hydrogen-bond donors (Lipinski definition) is 2. The van der Waals surface area contributed by atoms with Gasteiger partial charge >= 0.3 is 5.97 Å². The van der Waals surface area contributed by atoms with Gasteiger partial charge in [-0.25, -0.2) is 0 Å². The molecule has 5 nitrogen and oxygen atoms in total. The van der Waals surface area contributed by atoms with Gasteiger partial charge in [-0.1, -0.05) is 13.8 Å². The number of carbonyl (C=O) groups is 2. The minimum atomic E-state index is -0.476. The van der Waals surface area contributed by atoms with E-state index in [4.69, 9.17) is 4.74 Å². The third-order valence-electron chi connectivity index (χ3n) is 2.55. The summed E-state index contributed by atoms with van der Waals surface area (Å²) in [6, 6.07) is -0.882. The molecular weight excluding hydrogens is 232 g/mol. The fraction of sp³-hybridized carbons (Fsp3) is 0.846. The summed E-state index contributed by atoms with van der Waals surface area (Å²) in [4.78, 5) is 23.1. The zero-order valence-corrected chi connectivity index (χ0v) is 12.1. The minimum Gasteiger partial charge on any atom is -0.465 e. The second kappa shape index (κ2) is 8.91. The summed E-state index contributed by atoms with van der Waals surface area (Å²) in [6.07, 6.45) is 0.950. The maximum absolute atomic E-state index is 11.7. The smallest absolute Gasteiger partial charge is 0.322 e. The van der Waals surface area contributed by atoms with Crippen molar-refractivity contribution in [3.8, 4) is 0 Å². The lowest BCUT2D eigenvalue weighted by atomic mass is 10.1. The standard InChI is InChI=1S/C13H26N2O3/c1-6-18-13(17)11(5)15-10(4)12(16)14-8-7-9(2)3/h9-11,15H,6-8H2,1-5H3,(H,14,16). The monoisotopic (exact) mass is 258 g/mol. The molecule has 0 saturated carbocycles. The first-order chi connectivity index (χ1) is 8.38. The Bertz CT molecular complexity index is 267. The van der Waals surface area contributed by atoms with Gasteiger partial charge in [0.1, 0.15) is 6.04 Å². The van der Waals surface area contributed by atoms with Gasteiger partial charge in [-0.3, -0.25) is 14.9 Å². The molecule has 106 valence electrons. The van der Waals surface area contributed by atoms with Gasteiger partial charge in [-0.15, -0.1) is 0 Å². The van der Waals surface area contributed by atoms with E-state index in [-0.39, 0.29) is 11.9 Å². The summed E-state index contributed by atoms with van der Waals surface area (Å²) >= 11 is 0. The number of esters is 1. The van der Waals surface area contributed by atoms with Crippen molar-refractivity contribution in [2.45, 2.75) is 53.1 Å². The Labute approximate surface area is 110 Å². The SMILES string of the molecule is CCOC(=O)C(C)NC(C)C(=O)NCCC(C)C. The van der Waals surface area contributed by atoms with Gasteiger partial charge in [0.2, 0.25) is 5.91 Å². The molecule has 0 spiro atoms. The van der Waals surface area contributed by atoms with Gasteiger partial charge < -0.3 is 10.1 Å². The number of nitrogens with one attached hydrogen (secondary N) is 2. The first-order valence-corrected chi connectivity index (χ1v) is 6.58. The van der Waals surface area contributed by atoms with E-state index >= 15 is 0 Å². The van der Waals surface area contributed by atoms with Gasteiger partial charge in [0, 0.05) is 6.54 Å². The van der Waals surface area contributed by atoms with Crippen LogP contribution in [0.15, 0.2) is 0 Å². The highest BCUT2D eigenvalue weighted by Gasteiger charge is 2.20. The van der Waals surface area contributed by atoms with Crippen LogP contribution in [0.4, 0.5) is 0 Å². The maximum atomic E-state index is 11.7. The molecule has 0 aromatic carbocycles. The molecule has 0 aliphatic heterocycles. The molecule has 0 heterocycles. The molecule has 2 unspecified atom stereocenters. The van der Waals surface area contributed by atoms with Crippen molar-refractivity contribution in [3.05, 3.63) is 0 Å². The molecule has 2 atom stereocenters. The molecule has 0 rings (SSSR count). The number of ether oxygens (including phenoxy) is 1. The summed E-state index contributed by atoms with van der Waals surface area (Å²) in [5, 5.41) is 5.75. The van der Waals surface area contributed by atoms with E-state index in [9.17, 15) is 9.59 Å². The molecule has 0 radical (unpaired) electrons. The summed E-state index contributed by atoms with van der Waals surface area (Å²) in [5.41, 5.74) is 0. The van der Waals surface area contributed by atoms with Crippen molar-refractivity contribution in [2.24, 2.45) is 5.92 Å². The molecule has 0 saturated heterocycles. The molecule has 0 bridgehead atoms. The van der Waals surface area contributed by atoms with Crippen LogP contribution >= 0.6 is 0 Å². The average molecular weight is 258 g/mol. The summed E-state index contributed by atoms with van der Waals surface area (Å²) in [6.45, 7) is 10.4. The lowest BCUT2D eigenvalue weighted by Crippen LogP contribution is -2.48. The lowest BCUT2D eigenvalue weighted by molar-refractivity contribution is -0.145. The van der Waals surface area contributed by atoms with E-state index in [1.807, 2.05) is 0 Å². The Kier molecular flexibility index (Phi) is 8.37. The van der Waals surface area contributed by atoms with Gasteiger partial charge in [-0.2, -0.15) is 0 Å². The van der Waals surface area contributed by atoms with Crippen LogP contribution in [0.25, 0.3) is 0 Å². The van der Waals surface area contributed by atoms with E-state index in [0.717, 1.165) is 6.42 Å². The van der Waals surface area contributed by atoms with Crippen molar-refractivity contribution in [1.29, 1.82) is 0 Å². The average Bonchev–Trinajstić information content (AvgIpc) is 2.28. The molecule has 0 aromatic heterocycles. The van der Waals surface area contributed by atoms with E-state index in [1.54, 1.807) is 20.8 Å². The van der Waals surface area contributed by atoms with Gasteiger partial charge in [0.05, 0.1) is 12.6 Å². The second-order valence-electron chi connectivity index (χ2n) is 4.84. The van der Waals surface area contributed by atoms with Crippen molar-refractivity contribution in [3.63, 3.8) is 0 Å². The predicted molar refractivity (Wildman–Crippen MR) is 71.2 cm³/mol. The van der Waals surface area contributed by atoms with Crippen LogP contribution in [0.2, 0.25) is 0 Å². The van der Waals surface area contributed by atoms with Crippen molar-refractivity contribution in [2.75, 3.05) is 13.2 Å². The molecular formula is C13H26N2O3. The van der Waals surface area contributed by atoms with Crippen LogP contribution in [-0.4, -0.2) is 37.1 Å². The van der Waals surface area contributed by atoms with Crippen molar-refractivity contribution in [1.82, 2.24) is 10.6 Å². The van der Waals surface area contributed by atoms with E-state index in [0.29, 0.717) is 19.1 Å². The van der Waals surface area contributed by atoms with Crippen LogP contribution in [0, 0.1) is 5.92 Å². The topological polar surface area (TPSA) is 67.4 Å². The van der Waals surface area contributed by atoms with Gasteiger partial charge in [0.15, 0.2) is 0 Å². The molecule has 5 heteroatoms.